The van der Waals surface area contributed by atoms with E-state index in [9.17, 15) is 18.0 Å². The Hall–Kier alpha value is -1.89. The summed E-state index contributed by atoms with van der Waals surface area (Å²) in [6, 6.07) is 7.09. The molecular formula is C16H22N2O4S. The van der Waals surface area contributed by atoms with Crippen LogP contribution in [0.1, 0.15) is 38.2 Å². The molecule has 1 aliphatic heterocycles. The van der Waals surface area contributed by atoms with E-state index in [2.05, 4.69) is 24.5 Å². The van der Waals surface area contributed by atoms with Gasteiger partial charge in [-0.15, -0.1) is 0 Å². The second-order valence-electron chi connectivity index (χ2n) is 6.17. The Bertz CT molecular complexity index is 681. The molecule has 7 heteroatoms. The molecule has 1 saturated heterocycles. The molecule has 1 aliphatic rings. The van der Waals surface area contributed by atoms with Crippen molar-refractivity contribution in [3.05, 3.63) is 29.8 Å². The molecule has 0 spiro atoms. The molecule has 0 bridgehead atoms. The molecule has 2 N–H and O–H groups in total. The molecule has 0 radical (unpaired) electrons. The number of nitrogens with one attached hydrogen (secondary N) is 2. The van der Waals surface area contributed by atoms with Crippen molar-refractivity contribution >= 4 is 27.3 Å². The van der Waals surface area contributed by atoms with Gasteiger partial charge in [0.25, 0.3) is 0 Å². The highest BCUT2D eigenvalue weighted by Crippen LogP contribution is 2.17. The summed E-state index contributed by atoms with van der Waals surface area (Å²) in [6.45, 7) is 4.17. The Kier molecular flexibility index (Phi) is 5.41. The lowest BCUT2D eigenvalue weighted by Gasteiger charge is -2.11. The van der Waals surface area contributed by atoms with Crippen molar-refractivity contribution in [2.75, 3.05) is 16.8 Å². The fourth-order valence-corrected chi connectivity index (χ4v) is 4.16. The van der Waals surface area contributed by atoms with Gasteiger partial charge in [-0.1, -0.05) is 26.0 Å². The number of amides is 2. The van der Waals surface area contributed by atoms with Gasteiger partial charge in [-0.05, 0) is 30.0 Å². The van der Waals surface area contributed by atoms with Gasteiger partial charge in [-0.25, -0.2) is 8.42 Å². The normalized spacial score (nSPS) is 19.5. The average molecular weight is 338 g/mol. The summed E-state index contributed by atoms with van der Waals surface area (Å²) in [5.74, 6) is -0.416. The number of carbonyl (C=O) groups is 2. The number of hydrogen-bond donors (Lipinski definition) is 2. The van der Waals surface area contributed by atoms with Gasteiger partial charge in [0.1, 0.15) is 6.42 Å². The van der Waals surface area contributed by atoms with Crippen molar-refractivity contribution in [2.24, 2.45) is 0 Å². The zero-order valence-electron chi connectivity index (χ0n) is 13.3. The second kappa shape index (κ2) is 7.12. The summed E-state index contributed by atoms with van der Waals surface area (Å²) in [6.07, 6.45) is 0.0921. The predicted molar refractivity (Wildman–Crippen MR) is 89.0 cm³/mol. The zero-order chi connectivity index (χ0) is 17.0. The van der Waals surface area contributed by atoms with Crippen LogP contribution in [0, 0.1) is 0 Å². The number of anilines is 1. The number of hydrogen-bond acceptors (Lipinski definition) is 4. The van der Waals surface area contributed by atoms with Gasteiger partial charge in [0, 0.05) is 11.7 Å². The fraction of sp³-hybridized carbons (Fsp3) is 0.500. The van der Waals surface area contributed by atoms with E-state index in [1.165, 1.54) is 5.56 Å². The molecule has 2 rings (SSSR count). The van der Waals surface area contributed by atoms with Crippen LogP contribution in [-0.4, -0.2) is 37.8 Å². The largest absolute Gasteiger partial charge is 0.352 e. The molecule has 6 nitrogen and oxygen atoms in total. The number of sulfone groups is 1. The Morgan fingerprint density at radius 1 is 1.17 bits per heavy atom. The minimum atomic E-state index is -3.04. The molecule has 1 aromatic carbocycles. The van der Waals surface area contributed by atoms with Gasteiger partial charge in [0.2, 0.25) is 11.8 Å². The van der Waals surface area contributed by atoms with E-state index in [0.717, 1.165) is 0 Å². The molecule has 23 heavy (non-hydrogen) atoms. The lowest BCUT2D eigenvalue weighted by atomic mass is 10.0. The molecule has 1 fully saturated rings. The van der Waals surface area contributed by atoms with Crippen LogP contribution >= 0.6 is 0 Å². The van der Waals surface area contributed by atoms with E-state index in [4.69, 9.17) is 0 Å². The maximum atomic E-state index is 11.9. The van der Waals surface area contributed by atoms with Gasteiger partial charge in [-0.2, -0.15) is 0 Å². The van der Waals surface area contributed by atoms with Gasteiger partial charge in [0.05, 0.1) is 11.5 Å². The number of carbonyl (C=O) groups excluding carboxylic acids is 2. The van der Waals surface area contributed by atoms with Crippen molar-refractivity contribution in [2.45, 2.75) is 38.6 Å². The molecule has 1 atom stereocenters. The molecule has 0 aliphatic carbocycles. The maximum absolute atomic E-state index is 11.9. The van der Waals surface area contributed by atoms with Crippen molar-refractivity contribution in [3.8, 4) is 0 Å². The topological polar surface area (TPSA) is 92.3 Å². The summed E-state index contributed by atoms with van der Waals surface area (Å²) in [5.41, 5.74) is 1.80. The summed E-state index contributed by atoms with van der Waals surface area (Å²) < 4.78 is 22.7. The Balaban J connectivity index is 1.81. The standard InChI is InChI=1S/C16H22N2O4S/c1-11(2)12-3-5-13(6-4-12)17-15(19)9-16(20)18-14-7-8-23(21,22)10-14/h3-6,11,14H,7-10H2,1-2H3,(H,17,19)(H,18,20). The Labute approximate surface area is 136 Å². The monoisotopic (exact) mass is 338 g/mol. The van der Waals surface area contributed by atoms with Crippen LogP contribution in [0.25, 0.3) is 0 Å². The SMILES string of the molecule is CC(C)c1ccc(NC(=O)CC(=O)NC2CCS(=O)(=O)C2)cc1. The lowest BCUT2D eigenvalue weighted by molar-refractivity contribution is -0.127. The first kappa shape index (κ1) is 17.5. The van der Waals surface area contributed by atoms with Gasteiger partial charge < -0.3 is 10.6 Å². The van der Waals surface area contributed by atoms with Gasteiger partial charge in [-0.3, -0.25) is 9.59 Å². The molecule has 1 unspecified atom stereocenters. The van der Waals surface area contributed by atoms with Crippen LogP contribution in [0.15, 0.2) is 24.3 Å². The Morgan fingerprint density at radius 2 is 1.83 bits per heavy atom. The molecule has 0 aromatic heterocycles. The first-order valence-electron chi connectivity index (χ1n) is 7.65. The third-order valence-electron chi connectivity index (χ3n) is 3.78. The van der Waals surface area contributed by atoms with Gasteiger partial charge >= 0.3 is 0 Å². The highest BCUT2D eigenvalue weighted by atomic mass is 32.2. The fourth-order valence-electron chi connectivity index (χ4n) is 2.49. The second-order valence-corrected chi connectivity index (χ2v) is 8.40. The lowest BCUT2D eigenvalue weighted by Crippen LogP contribution is -2.37. The third kappa shape index (κ3) is 5.35. The van der Waals surface area contributed by atoms with Crippen LogP contribution in [0.2, 0.25) is 0 Å². The maximum Gasteiger partial charge on any atom is 0.233 e. The van der Waals surface area contributed by atoms with E-state index in [1.54, 1.807) is 12.1 Å². The van der Waals surface area contributed by atoms with Crippen molar-refractivity contribution < 1.29 is 18.0 Å². The first-order valence-corrected chi connectivity index (χ1v) is 9.47. The molecule has 1 aromatic rings. The molecule has 2 amide bonds. The summed E-state index contributed by atoms with van der Waals surface area (Å²) in [5, 5.41) is 5.26. The minimum absolute atomic E-state index is 0.0446. The summed E-state index contributed by atoms with van der Waals surface area (Å²) in [4.78, 5) is 23.6. The number of benzene rings is 1. The van der Waals surface area contributed by atoms with Crippen LogP contribution < -0.4 is 10.6 Å². The van der Waals surface area contributed by atoms with Crippen molar-refractivity contribution in [3.63, 3.8) is 0 Å². The van der Waals surface area contributed by atoms with Crippen molar-refractivity contribution in [1.29, 1.82) is 0 Å². The molecule has 1 heterocycles. The van der Waals surface area contributed by atoms with Gasteiger partial charge in [0.15, 0.2) is 9.84 Å². The van der Waals surface area contributed by atoms with E-state index in [1.807, 2.05) is 12.1 Å². The van der Waals surface area contributed by atoms with Crippen molar-refractivity contribution in [1.82, 2.24) is 5.32 Å². The quantitative estimate of drug-likeness (QED) is 0.795. The van der Waals surface area contributed by atoms with E-state index < -0.39 is 21.7 Å². The highest BCUT2D eigenvalue weighted by Gasteiger charge is 2.29. The summed E-state index contributed by atoms with van der Waals surface area (Å²) >= 11 is 0. The van der Waals surface area contributed by atoms with E-state index >= 15 is 0 Å². The first-order chi connectivity index (χ1) is 10.7. The molecule has 0 saturated carbocycles. The van der Waals surface area contributed by atoms with Crippen LogP contribution in [0.4, 0.5) is 5.69 Å². The third-order valence-corrected chi connectivity index (χ3v) is 5.55. The van der Waals surface area contributed by atoms with E-state index in [-0.39, 0.29) is 24.0 Å². The summed E-state index contributed by atoms with van der Waals surface area (Å²) in [7, 11) is -3.04. The van der Waals surface area contributed by atoms with Crippen LogP contribution in [0.3, 0.4) is 0 Å². The average Bonchev–Trinajstić information content (AvgIpc) is 2.77. The minimum Gasteiger partial charge on any atom is -0.352 e. The number of rotatable bonds is 5. The predicted octanol–water partition coefficient (Wildman–Crippen LogP) is 1.44. The molecular weight excluding hydrogens is 316 g/mol. The highest BCUT2D eigenvalue weighted by molar-refractivity contribution is 7.91. The van der Waals surface area contributed by atoms with Crippen LogP contribution in [-0.2, 0) is 19.4 Å². The zero-order valence-corrected chi connectivity index (χ0v) is 14.2. The molecule has 126 valence electrons. The van der Waals surface area contributed by atoms with E-state index in [0.29, 0.717) is 18.0 Å². The Morgan fingerprint density at radius 3 is 2.35 bits per heavy atom. The smallest absolute Gasteiger partial charge is 0.233 e. The van der Waals surface area contributed by atoms with Crippen LogP contribution in [0.5, 0.6) is 0 Å².